The number of nitrogens with one attached hydrogen (secondary N) is 1. The topological polar surface area (TPSA) is 63.9 Å². The van der Waals surface area contributed by atoms with Gasteiger partial charge < -0.3 is 15.5 Å². The van der Waals surface area contributed by atoms with E-state index >= 15 is 0 Å². The van der Waals surface area contributed by atoms with Crippen LogP contribution in [0.25, 0.3) is 11.3 Å². The van der Waals surface area contributed by atoms with E-state index in [2.05, 4.69) is 16.9 Å². The molecule has 2 rings (SSSR count). The molecule has 0 amide bonds. The maximum Gasteiger partial charge on any atom is 0.119 e. The van der Waals surface area contributed by atoms with Gasteiger partial charge in [-0.05, 0) is 44.2 Å². The highest BCUT2D eigenvalue weighted by molar-refractivity contribution is 5.63. The second kappa shape index (κ2) is 6.38. The third-order valence-corrected chi connectivity index (χ3v) is 2.89. The van der Waals surface area contributed by atoms with E-state index < -0.39 is 0 Å². The molecule has 1 aromatic carbocycles. The third-order valence-electron chi connectivity index (χ3n) is 2.89. The van der Waals surface area contributed by atoms with Crippen LogP contribution in [-0.2, 0) is 6.42 Å². The molecule has 19 heavy (non-hydrogen) atoms. The fraction of sp³-hybridized carbons (Fsp3) is 0.400. The van der Waals surface area contributed by atoms with Crippen LogP contribution in [-0.4, -0.2) is 23.1 Å². The summed E-state index contributed by atoms with van der Waals surface area (Å²) in [4.78, 5) is 7.81. The summed E-state index contributed by atoms with van der Waals surface area (Å²) in [5, 5.41) is 0. The number of ether oxygens (including phenoxy) is 1. The first-order valence-corrected chi connectivity index (χ1v) is 6.73. The van der Waals surface area contributed by atoms with Gasteiger partial charge in [-0.25, -0.2) is 4.98 Å². The van der Waals surface area contributed by atoms with Crippen molar-refractivity contribution in [2.24, 2.45) is 5.73 Å². The predicted octanol–water partition coefficient (Wildman–Crippen LogP) is 2.68. The Hall–Kier alpha value is -1.81. The number of nitrogens with two attached hydrogens (primary N) is 1. The lowest BCUT2D eigenvalue weighted by atomic mass is 10.1. The molecule has 0 atom stereocenters. The maximum absolute atomic E-state index is 5.63. The van der Waals surface area contributed by atoms with E-state index in [1.54, 1.807) is 0 Å². The van der Waals surface area contributed by atoms with Gasteiger partial charge >= 0.3 is 0 Å². The van der Waals surface area contributed by atoms with Crippen LogP contribution in [0.2, 0.25) is 0 Å². The predicted molar refractivity (Wildman–Crippen MR) is 77.3 cm³/mol. The van der Waals surface area contributed by atoms with E-state index in [-0.39, 0.29) is 0 Å². The fourth-order valence-electron chi connectivity index (χ4n) is 2.03. The molecule has 0 saturated carbocycles. The lowest BCUT2D eigenvalue weighted by Gasteiger charge is -2.06. The highest BCUT2D eigenvalue weighted by Gasteiger charge is 2.09. The zero-order valence-corrected chi connectivity index (χ0v) is 11.6. The van der Waals surface area contributed by atoms with Crippen molar-refractivity contribution in [1.82, 2.24) is 9.97 Å². The van der Waals surface area contributed by atoms with E-state index in [1.807, 2.05) is 31.2 Å². The van der Waals surface area contributed by atoms with Gasteiger partial charge in [-0.15, -0.1) is 0 Å². The van der Waals surface area contributed by atoms with E-state index in [0.717, 1.165) is 48.0 Å². The van der Waals surface area contributed by atoms with Crippen LogP contribution in [0.4, 0.5) is 0 Å². The van der Waals surface area contributed by atoms with Gasteiger partial charge in [-0.2, -0.15) is 0 Å². The largest absolute Gasteiger partial charge is 0.494 e. The number of aromatic amines is 1. The summed E-state index contributed by atoms with van der Waals surface area (Å²) in [6.07, 6.45) is 1.82. The van der Waals surface area contributed by atoms with Gasteiger partial charge in [0.2, 0.25) is 0 Å². The molecule has 4 nitrogen and oxygen atoms in total. The van der Waals surface area contributed by atoms with Gasteiger partial charge in [0.05, 0.1) is 12.3 Å². The highest BCUT2D eigenvalue weighted by atomic mass is 16.5. The molecule has 0 fully saturated rings. The molecule has 0 unspecified atom stereocenters. The monoisotopic (exact) mass is 259 g/mol. The molecule has 1 aromatic heterocycles. The number of nitrogens with zero attached hydrogens (tertiary/aromatic N) is 1. The van der Waals surface area contributed by atoms with E-state index in [9.17, 15) is 0 Å². The summed E-state index contributed by atoms with van der Waals surface area (Å²) in [6.45, 7) is 5.42. The number of rotatable bonds is 6. The van der Waals surface area contributed by atoms with Crippen LogP contribution >= 0.6 is 0 Å². The highest BCUT2D eigenvalue weighted by Crippen LogP contribution is 2.24. The van der Waals surface area contributed by atoms with Crippen LogP contribution in [0, 0.1) is 6.92 Å². The minimum atomic E-state index is 0.617. The minimum absolute atomic E-state index is 0.617. The Morgan fingerprint density at radius 2 is 2.00 bits per heavy atom. The summed E-state index contributed by atoms with van der Waals surface area (Å²) in [5.41, 5.74) is 8.81. The molecular formula is C15H21N3O. The molecule has 0 spiro atoms. The van der Waals surface area contributed by atoms with Gasteiger partial charge in [0.25, 0.3) is 0 Å². The average molecular weight is 259 g/mol. The van der Waals surface area contributed by atoms with E-state index in [0.29, 0.717) is 6.54 Å². The summed E-state index contributed by atoms with van der Waals surface area (Å²) >= 11 is 0. The summed E-state index contributed by atoms with van der Waals surface area (Å²) < 4.78 is 5.58. The lowest BCUT2D eigenvalue weighted by molar-refractivity contribution is 0.317. The van der Waals surface area contributed by atoms with Crippen molar-refractivity contribution in [3.8, 4) is 17.0 Å². The van der Waals surface area contributed by atoms with Gasteiger partial charge in [0.1, 0.15) is 11.6 Å². The van der Waals surface area contributed by atoms with E-state index in [4.69, 9.17) is 10.5 Å². The molecule has 2 aromatic rings. The number of aryl methyl sites for hydroxylation is 1. The Labute approximate surface area is 114 Å². The van der Waals surface area contributed by atoms with Gasteiger partial charge in [0.15, 0.2) is 0 Å². The molecule has 102 valence electrons. The molecule has 0 radical (unpaired) electrons. The van der Waals surface area contributed by atoms with Gasteiger partial charge in [-0.1, -0.05) is 6.92 Å². The summed E-state index contributed by atoms with van der Waals surface area (Å²) in [7, 11) is 0. The van der Waals surface area contributed by atoms with Crippen LogP contribution in [0.15, 0.2) is 24.3 Å². The molecule has 0 aliphatic heterocycles. The molecule has 0 aliphatic rings. The van der Waals surface area contributed by atoms with Crippen molar-refractivity contribution in [2.45, 2.75) is 26.7 Å². The number of aromatic nitrogens is 2. The number of H-pyrrole nitrogens is 1. The summed E-state index contributed by atoms with van der Waals surface area (Å²) in [6, 6.07) is 8.06. The number of hydrogen-bond acceptors (Lipinski definition) is 3. The van der Waals surface area contributed by atoms with Crippen LogP contribution < -0.4 is 10.5 Å². The molecule has 0 saturated heterocycles. The Kier molecular flexibility index (Phi) is 4.58. The quantitative estimate of drug-likeness (QED) is 0.838. The SMILES string of the molecule is CCCOc1ccc(-c2nc(C)[nH]c2CCN)cc1. The number of imidazole rings is 1. The average Bonchev–Trinajstić information content (AvgIpc) is 2.78. The normalized spacial score (nSPS) is 10.7. The number of hydrogen-bond donors (Lipinski definition) is 2. The van der Waals surface area contributed by atoms with Crippen molar-refractivity contribution in [3.05, 3.63) is 35.8 Å². The molecule has 4 heteroatoms. The van der Waals surface area contributed by atoms with Crippen molar-refractivity contribution < 1.29 is 4.74 Å². The first-order valence-electron chi connectivity index (χ1n) is 6.73. The molecular weight excluding hydrogens is 238 g/mol. The van der Waals surface area contributed by atoms with Crippen LogP contribution in [0.5, 0.6) is 5.75 Å². The van der Waals surface area contributed by atoms with Crippen molar-refractivity contribution >= 4 is 0 Å². The lowest BCUT2D eigenvalue weighted by Crippen LogP contribution is -2.04. The molecule has 1 heterocycles. The van der Waals surface area contributed by atoms with Crippen LogP contribution in [0.1, 0.15) is 24.9 Å². The first-order chi connectivity index (χ1) is 9.24. The Morgan fingerprint density at radius 3 is 2.63 bits per heavy atom. The van der Waals surface area contributed by atoms with E-state index in [1.165, 1.54) is 0 Å². The standard InChI is InChI=1S/C15H21N3O/c1-3-10-19-13-6-4-12(5-7-13)15-14(8-9-16)17-11(2)18-15/h4-7H,3,8-10,16H2,1-2H3,(H,17,18). The van der Waals surface area contributed by atoms with Crippen molar-refractivity contribution in [1.29, 1.82) is 0 Å². The van der Waals surface area contributed by atoms with Gasteiger partial charge in [-0.3, -0.25) is 0 Å². The maximum atomic E-state index is 5.63. The fourth-order valence-corrected chi connectivity index (χ4v) is 2.03. The zero-order valence-electron chi connectivity index (χ0n) is 11.6. The summed E-state index contributed by atoms with van der Waals surface area (Å²) in [5.74, 6) is 1.82. The third kappa shape index (κ3) is 3.35. The molecule has 3 N–H and O–H groups in total. The minimum Gasteiger partial charge on any atom is -0.494 e. The Balaban J connectivity index is 2.21. The Morgan fingerprint density at radius 1 is 1.26 bits per heavy atom. The van der Waals surface area contributed by atoms with Crippen molar-refractivity contribution in [3.63, 3.8) is 0 Å². The Bertz CT molecular complexity index is 517. The van der Waals surface area contributed by atoms with Gasteiger partial charge in [0, 0.05) is 17.7 Å². The second-order valence-corrected chi connectivity index (χ2v) is 4.56. The van der Waals surface area contributed by atoms with Crippen LogP contribution in [0.3, 0.4) is 0 Å². The first kappa shape index (κ1) is 13.6. The second-order valence-electron chi connectivity index (χ2n) is 4.56. The smallest absolute Gasteiger partial charge is 0.119 e. The molecule has 0 aliphatic carbocycles. The van der Waals surface area contributed by atoms with Crippen molar-refractivity contribution in [2.75, 3.05) is 13.2 Å². The number of benzene rings is 1. The molecule has 0 bridgehead atoms. The zero-order chi connectivity index (χ0) is 13.7.